The van der Waals surface area contributed by atoms with Gasteiger partial charge in [-0.3, -0.25) is 9.44 Å². The van der Waals surface area contributed by atoms with E-state index in [4.69, 9.17) is 26.4 Å². The van der Waals surface area contributed by atoms with E-state index >= 15 is 0 Å². The molecule has 8 aromatic rings. The van der Waals surface area contributed by atoms with Crippen molar-refractivity contribution in [2.24, 2.45) is 0 Å². The highest BCUT2D eigenvalue weighted by Gasteiger charge is 2.06. The number of aromatic hydroxyl groups is 1. The van der Waals surface area contributed by atoms with Gasteiger partial charge in [0.1, 0.15) is 28.7 Å². The Labute approximate surface area is 346 Å². The Morgan fingerprint density at radius 3 is 1.29 bits per heavy atom. The SMILES string of the molecule is CO.COOS(=O)Nc1ccc(Oc2cccc3ccccc23)cc1.O=S(Nc1ccc(Oc2cccc3ccccc23)cc1)OCl.Oc1cccc2ccccc12. The first kappa shape index (κ1) is 43.1. The average Bonchev–Trinajstić information content (AvgIpc) is 3.27. The highest BCUT2D eigenvalue weighted by molar-refractivity contribution is 7.82. The lowest BCUT2D eigenvalue weighted by molar-refractivity contribution is -0.166. The van der Waals surface area contributed by atoms with Gasteiger partial charge >= 0.3 is 0 Å². The van der Waals surface area contributed by atoms with Gasteiger partial charge in [0.05, 0.1) is 19.0 Å². The number of hydrogen-bond donors (Lipinski definition) is 4. The van der Waals surface area contributed by atoms with Crippen molar-refractivity contribution < 1.29 is 41.1 Å². The van der Waals surface area contributed by atoms with Crippen molar-refractivity contribution in [2.75, 3.05) is 23.7 Å². The van der Waals surface area contributed by atoms with E-state index in [1.54, 1.807) is 54.6 Å². The molecule has 4 N–H and O–H groups in total. The zero-order valence-electron chi connectivity index (χ0n) is 31.2. The van der Waals surface area contributed by atoms with Gasteiger partial charge in [0, 0.05) is 34.6 Å². The topological polar surface area (TPSA) is 145 Å². The normalized spacial score (nSPS) is 11.4. The van der Waals surface area contributed by atoms with Gasteiger partial charge in [-0.25, -0.2) is 13.3 Å². The number of anilines is 2. The summed E-state index contributed by atoms with van der Waals surface area (Å²) in [6.45, 7) is 0. The number of fused-ring (bicyclic) bond motifs is 3. The minimum atomic E-state index is -1.77. The first-order valence-electron chi connectivity index (χ1n) is 17.4. The minimum absolute atomic E-state index is 0.350. The van der Waals surface area contributed by atoms with Crippen LogP contribution in [0.2, 0.25) is 0 Å². The number of nitrogens with one attached hydrogen (secondary N) is 2. The van der Waals surface area contributed by atoms with Crippen LogP contribution in [0.25, 0.3) is 32.3 Å². The van der Waals surface area contributed by atoms with Crippen molar-refractivity contribution in [3.63, 3.8) is 0 Å². The number of aliphatic hydroxyl groups excluding tert-OH is 1. The van der Waals surface area contributed by atoms with Gasteiger partial charge in [0.25, 0.3) is 22.5 Å². The second-order valence-electron chi connectivity index (χ2n) is 11.7. The Bertz CT molecular complexity index is 2550. The van der Waals surface area contributed by atoms with Crippen LogP contribution in [0, 0.1) is 0 Å². The molecule has 11 nitrogen and oxygen atoms in total. The van der Waals surface area contributed by atoms with Gasteiger partial charge in [-0.15, -0.1) is 4.33 Å². The average molecular weight is 839 g/mol. The summed E-state index contributed by atoms with van der Waals surface area (Å²) in [5, 5.41) is 22.7. The van der Waals surface area contributed by atoms with Crippen molar-refractivity contribution in [1.82, 2.24) is 0 Å². The molecule has 0 aliphatic carbocycles. The van der Waals surface area contributed by atoms with Crippen LogP contribution in [-0.4, -0.2) is 32.9 Å². The molecular formula is C44H39ClN2O9S2. The second-order valence-corrected chi connectivity index (χ2v) is 13.7. The monoisotopic (exact) mass is 838 g/mol. The molecule has 2 unspecified atom stereocenters. The molecular weight excluding hydrogens is 800 g/mol. The fourth-order valence-electron chi connectivity index (χ4n) is 5.50. The van der Waals surface area contributed by atoms with Crippen molar-refractivity contribution >= 4 is 78.1 Å². The van der Waals surface area contributed by atoms with Gasteiger partial charge in [-0.1, -0.05) is 109 Å². The first-order chi connectivity index (χ1) is 28.4. The summed E-state index contributed by atoms with van der Waals surface area (Å²) in [5.41, 5.74) is 1.25. The Morgan fingerprint density at radius 1 is 0.483 bits per heavy atom. The summed E-state index contributed by atoms with van der Waals surface area (Å²) in [7, 11) is 2.29. The molecule has 0 aliphatic rings. The number of halogens is 1. The highest BCUT2D eigenvalue weighted by Crippen LogP contribution is 2.32. The van der Waals surface area contributed by atoms with Crippen LogP contribution < -0.4 is 18.9 Å². The van der Waals surface area contributed by atoms with Crippen LogP contribution >= 0.6 is 11.9 Å². The Kier molecular flexibility index (Phi) is 16.8. The van der Waals surface area contributed by atoms with Crippen LogP contribution in [0.4, 0.5) is 11.4 Å². The molecule has 298 valence electrons. The van der Waals surface area contributed by atoms with E-state index in [-0.39, 0.29) is 0 Å². The maximum absolute atomic E-state index is 11.4. The third kappa shape index (κ3) is 12.5. The van der Waals surface area contributed by atoms with Gasteiger partial charge in [-0.05, 0) is 82.9 Å². The van der Waals surface area contributed by atoms with Crippen molar-refractivity contribution in [3.05, 3.63) is 176 Å². The lowest BCUT2D eigenvalue weighted by atomic mass is 10.1. The summed E-state index contributed by atoms with van der Waals surface area (Å²) >= 11 is 1.49. The number of aliphatic hydroxyl groups is 1. The first-order valence-corrected chi connectivity index (χ1v) is 19.9. The summed E-state index contributed by atoms with van der Waals surface area (Å²) in [6, 6.07) is 55.3. The molecule has 14 heteroatoms. The summed E-state index contributed by atoms with van der Waals surface area (Å²) in [4.78, 5) is 4.33. The molecule has 0 fully saturated rings. The van der Waals surface area contributed by atoms with Crippen molar-refractivity contribution in [3.8, 4) is 28.7 Å². The van der Waals surface area contributed by atoms with E-state index in [2.05, 4.69) is 22.4 Å². The van der Waals surface area contributed by atoms with Crippen LogP contribution in [-0.2, 0) is 35.5 Å². The van der Waals surface area contributed by atoms with Gasteiger partial charge < -0.3 is 19.7 Å². The number of ether oxygens (including phenoxy) is 2. The molecule has 0 saturated carbocycles. The molecule has 0 aliphatic heterocycles. The molecule has 58 heavy (non-hydrogen) atoms. The Morgan fingerprint density at radius 2 is 0.862 bits per heavy atom. The summed E-state index contributed by atoms with van der Waals surface area (Å²) in [5.74, 6) is 3.29. The van der Waals surface area contributed by atoms with E-state index in [1.807, 2.05) is 121 Å². The number of phenolic OH excluding ortho intramolecular Hbond substituents is 1. The van der Waals surface area contributed by atoms with E-state index < -0.39 is 22.5 Å². The standard InChI is InChI=1S/C17H15NO4S.C16H12ClNO3S.C10H8O.CH4O/c1-20-22-23(19)18-14-9-11-15(12-10-14)21-17-8-4-6-13-5-2-3-7-16(13)17;17-21-22(19)18-13-8-10-14(11-9-13)20-16-7-3-5-12-4-1-2-6-15(12)16;11-10-7-3-5-8-4-1-2-6-9(8)10;1-2/h2-12,18H,1H3;1-11,18H;1-7,11H;2H,1H3. The molecule has 8 rings (SSSR count). The smallest absolute Gasteiger partial charge is 0.290 e. The molecule has 2 atom stereocenters. The van der Waals surface area contributed by atoms with E-state index in [0.29, 0.717) is 28.6 Å². The maximum Gasteiger partial charge on any atom is 0.290 e. The number of rotatable bonds is 11. The largest absolute Gasteiger partial charge is 0.507 e. The third-order valence-corrected chi connectivity index (χ3v) is 9.54. The van der Waals surface area contributed by atoms with Gasteiger partial charge in [0.15, 0.2) is 0 Å². The maximum atomic E-state index is 11.4. The lowest BCUT2D eigenvalue weighted by Gasteiger charge is -2.10. The van der Waals surface area contributed by atoms with E-state index in [9.17, 15) is 13.5 Å². The predicted octanol–water partition coefficient (Wildman–Crippen LogP) is 11.1. The number of phenols is 1. The molecule has 0 spiro atoms. The molecule has 0 saturated heterocycles. The molecule has 8 aromatic carbocycles. The van der Waals surface area contributed by atoms with Crippen LogP contribution in [0.1, 0.15) is 0 Å². The van der Waals surface area contributed by atoms with Gasteiger partial charge in [-0.2, -0.15) is 3.74 Å². The summed E-state index contributed by atoms with van der Waals surface area (Å²) < 4.78 is 48.1. The van der Waals surface area contributed by atoms with Crippen molar-refractivity contribution in [2.45, 2.75) is 0 Å². The summed E-state index contributed by atoms with van der Waals surface area (Å²) in [6.07, 6.45) is 0. The molecule has 0 aromatic heterocycles. The zero-order valence-corrected chi connectivity index (χ0v) is 33.6. The minimum Gasteiger partial charge on any atom is -0.507 e. The number of hydrogen-bond acceptors (Lipinski definition) is 9. The molecule has 0 amide bonds. The third-order valence-electron chi connectivity index (χ3n) is 8.02. The predicted molar refractivity (Wildman–Crippen MR) is 233 cm³/mol. The van der Waals surface area contributed by atoms with E-state index in [0.717, 1.165) is 50.9 Å². The van der Waals surface area contributed by atoms with E-state index in [1.165, 1.54) is 7.11 Å². The van der Waals surface area contributed by atoms with Crippen molar-refractivity contribution in [1.29, 1.82) is 0 Å². The van der Waals surface area contributed by atoms with Gasteiger partial charge in [0.2, 0.25) is 0 Å². The lowest BCUT2D eigenvalue weighted by Crippen LogP contribution is -2.07. The quantitative estimate of drug-likeness (QED) is 0.0739. The molecule has 0 radical (unpaired) electrons. The highest BCUT2D eigenvalue weighted by atomic mass is 35.5. The van der Waals surface area contributed by atoms with Crippen LogP contribution in [0.15, 0.2) is 176 Å². The second kappa shape index (κ2) is 22.6. The molecule has 0 heterocycles. The molecule has 0 bridgehead atoms. The fourth-order valence-corrected chi connectivity index (χ4v) is 6.44. The Hall–Kier alpha value is -6.03. The fraction of sp³-hybridized carbons (Fsp3) is 0.0455. The number of benzene rings is 8. The Balaban J connectivity index is 0.000000171. The zero-order chi connectivity index (χ0) is 41.1. The van der Waals surface area contributed by atoms with Crippen LogP contribution in [0.5, 0.6) is 28.7 Å². The van der Waals surface area contributed by atoms with Crippen LogP contribution in [0.3, 0.4) is 0 Å².